The Morgan fingerprint density at radius 3 is 2.84 bits per heavy atom. The maximum atomic E-state index is 5.41. The highest BCUT2D eigenvalue weighted by atomic mass is 79.9. The van der Waals surface area contributed by atoms with Gasteiger partial charge in [-0.05, 0) is 30.4 Å². The summed E-state index contributed by atoms with van der Waals surface area (Å²) in [6.45, 7) is 5.64. The van der Waals surface area contributed by atoms with Crippen LogP contribution in [0.15, 0.2) is 22.7 Å². The minimum atomic E-state index is 0.793. The van der Waals surface area contributed by atoms with Gasteiger partial charge in [-0.1, -0.05) is 15.9 Å². The van der Waals surface area contributed by atoms with Gasteiger partial charge in [-0.3, -0.25) is 4.90 Å². The Hall–Kier alpha value is -0.690. The van der Waals surface area contributed by atoms with Crippen molar-refractivity contribution in [3.05, 3.63) is 27.4 Å². The van der Waals surface area contributed by atoms with Crippen molar-refractivity contribution in [1.82, 2.24) is 14.5 Å². The molecule has 0 atom stereocenters. The van der Waals surface area contributed by atoms with E-state index in [9.17, 15) is 0 Å². The number of aromatic amines is 1. The number of hydrogen-bond donors (Lipinski definition) is 1. The molecule has 2 aromatic rings. The average Bonchev–Trinajstić information content (AvgIpc) is 2.72. The molecule has 3 rings (SSSR count). The topological polar surface area (TPSA) is 33.2 Å². The van der Waals surface area contributed by atoms with Crippen molar-refractivity contribution < 1.29 is 4.74 Å². The fraction of sp³-hybridized carbons (Fsp3) is 0.462. The van der Waals surface area contributed by atoms with Gasteiger partial charge in [-0.25, -0.2) is 0 Å². The Labute approximate surface area is 125 Å². The van der Waals surface area contributed by atoms with E-state index in [1.165, 1.54) is 5.52 Å². The van der Waals surface area contributed by atoms with E-state index < -0.39 is 0 Å². The zero-order valence-corrected chi connectivity index (χ0v) is 13.0. The first-order valence-corrected chi connectivity index (χ1v) is 7.62. The molecule has 6 heteroatoms. The van der Waals surface area contributed by atoms with Crippen molar-refractivity contribution >= 4 is 39.2 Å². The molecular formula is C13H16BrN3OS. The summed E-state index contributed by atoms with van der Waals surface area (Å²) in [4.78, 5) is 5.68. The molecule has 1 aromatic heterocycles. The molecule has 0 unspecified atom stereocenters. The fourth-order valence-corrected chi connectivity index (χ4v) is 3.08. The average molecular weight is 342 g/mol. The number of morpholine rings is 1. The number of benzene rings is 1. The Morgan fingerprint density at radius 2 is 2.05 bits per heavy atom. The number of nitrogens with zero attached hydrogens (tertiary/aromatic N) is 2. The Kier molecular flexibility index (Phi) is 4.02. The third-order valence-electron chi connectivity index (χ3n) is 3.48. The molecule has 102 valence electrons. The predicted molar refractivity (Wildman–Crippen MR) is 82.1 cm³/mol. The van der Waals surface area contributed by atoms with E-state index in [1.54, 1.807) is 0 Å². The van der Waals surface area contributed by atoms with Gasteiger partial charge in [0.2, 0.25) is 0 Å². The standard InChI is InChI=1S/C13H16BrN3OS/c14-10-1-2-12-11(9-10)15-13(19)17(12)4-3-16-5-7-18-8-6-16/h1-2,9H,3-8H2,(H,15,19). The van der Waals surface area contributed by atoms with Crippen LogP contribution in [0, 0.1) is 4.77 Å². The zero-order chi connectivity index (χ0) is 13.2. The fourth-order valence-electron chi connectivity index (χ4n) is 2.42. The lowest BCUT2D eigenvalue weighted by molar-refractivity contribution is 0.0365. The molecule has 0 spiro atoms. The molecule has 0 aliphatic carbocycles. The number of imidazole rings is 1. The third kappa shape index (κ3) is 2.91. The van der Waals surface area contributed by atoms with Crippen LogP contribution in [-0.4, -0.2) is 47.3 Å². The first-order chi connectivity index (χ1) is 9.24. The van der Waals surface area contributed by atoms with Gasteiger partial charge in [-0.2, -0.15) is 0 Å². The van der Waals surface area contributed by atoms with Crippen molar-refractivity contribution in [3.8, 4) is 0 Å². The monoisotopic (exact) mass is 341 g/mol. The van der Waals surface area contributed by atoms with Crippen LogP contribution in [0.1, 0.15) is 0 Å². The number of halogens is 1. The molecule has 2 heterocycles. The van der Waals surface area contributed by atoms with Crippen molar-refractivity contribution in [1.29, 1.82) is 0 Å². The van der Waals surface area contributed by atoms with Crippen LogP contribution in [0.3, 0.4) is 0 Å². The van der Waals surface area contributed by atoms with Crippen LogP contribution in [0.4, 0.5) is 0 Å². The molecule has 1 aliphatic rings. The summed E-state index contributed by atoms with van der Waals surface area (Å²) in [7, 11) is 0. The number of H-pyrrole nitrogens is 1. The Bertz CT molecular complexity index is 630. The van der Waals surface area contributed by atoms with E-state index in [-0.39, 0.29) is 0 Å². The lowest BCUT2D eigenvalue weighted by atomic mass is 10.3. The van der Waals surface area contributed by atoms with Crippen LogP contribution in [0.25, 0.3) is 11.0 Å². The van der Waals surface area contributed by atoms with Gasteiger partial charge in [0.25, 0.3) is 0 Å². The predicted octanol–water partition coefficient (Wildman–Crippen LogP) is 2.79. The van der Waals surface area contributed by atoms with E-state index >= 15 is 0 Å². The summed E-state index contributed by atoms with van der Waals surface area (Å²) in [5, 5.41) is 0. The molecule has 1 N–H and O–H groups in total. The van der Waals surface area contributed by atoms with Gasteiger partial charge in [0.1, 0.15) is 0 Å². The first-order valence-electron chi connectivity index (χ1n) is 6.42. The van der Waals surface area contributed by atoms with Crippen LogP contribution in [0.5, 0.6) is 0 Å². The number of fused-ring (bicyclic) bond motifs is 1. The number of rotatable bonds is 3. The van der Waals surface area contributed by atoms with Gasteiger partial charge < -0.3 is 14.3 Å². The summed E-state index contributed by atoms with van der Waals surface area (Å²) in [6.07, 6.45) is 0. The lowest BCUT2D eigenvalue weighted by Crippen LogP contribution is -2.38. The molecule has 0 saturated carbocycles. The summed E-state index contributed by atoms with van der Waals surface area (Å²) in [5.74, 6) is 0. The van der Waals surface area contributed by atoms with Crippen molar-refractivity contribution in [2.45, 2.75) is 6.54 Å². The SMILES string of the molecule is S=c1[nH]c2cc(Br)ccc2n1CCN1CCOCC1. The lowest BCUT2D eigenvalue weighted by Gasteiger charge is -2.26. The van der Waals surface area contributed by atoms with E-state index in [0.29, 0.717) is 0 Å². The highest BCUT2D eigenvalue weighted by molar-refractivity contribution is 9.10. The van der Waals surface area contributed by atoms with E-state index in [2.05, 4.69) is 48.6 Å². The van der Waals surface area contributed by atoms with Gasteiger partial charge in [-0.15, -0.1) is 0 Å². The quantitative estimate of drug-likeness (QED) is 0.871. The molecule has 1 fully saturated rings. The largest absolute Gasteiger partial charge is 0.379 e. The second-order valence-corrected chi connectivity index (χ2v) is 6.00. The van der Waals surface area contributed by atoms with E-state index in [4.69, 9.17) is 17.0 Å². The summed E-state index contributed by atoms with van der Waals surface area (Å²) < 4.78 is 9.40. The third-order valence-corrected chi connectivity index (χ3v) is 4.30. The van der Waals surface area contributed by atoms with Gasteiger partial charge >= 0.3 is 0 Å². The smallest absolute Gasteiger partial charge is 0.178 e. The van der Waals surface area contributed by atoms with Crippen LogP contribution in [0.2, 0.25) is 0 Å². The number of nitrogens with one attached hydrogen (secondary N) is 1. The minimum absolute atomic E-state index is 0.793. The molecule has 19 heavy (non-hydrogen) atoms. The van der Waals surface area contributed by atoms with Crippen LogP contribution >= 0.6 is 28.1 Å². The van der Waals surface area contributed by atoms with Crippen molar-refractivity contribution in [2.75, 3.05) is 32.8 Å². The van der Waals surface area contributed by atoms with Crippen LogP contribution < -0.4 is 0 Å². The Balaban J connectivity index is 1.80. The summed E-state index contributed by atoms with van der Waals surface area (Å²) in [5.41, 5.74) is 2.25. The highest BCUT2D eigenvalue weighted by Crippen LogP contribution is 2.19. The molecule has 0 bridgehead atoms. The maximum absolute atomic E-state index is 5.41. The number of hydrogen-bond acceptors (Lipinski definition) is 3. The summed E-state index contributed by atoms with van der Waals surface area (Å²) >= 11 is 8.89. The summed E-state index contributed by atoms with van der Waals surface area (Å²) in [6, 6.07) is 6.22. The number of aromatic nitrogens is 2. The molecule has 1 aromatic carbocycles. The van der Waals surface area contributed by atoms with Gasteiger partial charge in [0.05, 0.1) is 24.2 Å². The first kappa shape index (κ1) is 13.3. The number of ether oxygens (including phenoxy) is 1. The molecule has 1 aliphatic heterocycles. The van der Waals surface area contributed by atoms with Crippen LogP contribution in [-0.2, 0) is 11.3 Å². The second kappa shape index (κ2) is 5.75. The molecule has 4 nitrogen and oxygen atoms in total. The van der Waals surface area contributed by atoms with Crippen molar-refractivity contribution in [3.63, 3.8) is 0 Å². The molecule has 1 saturated heterocycles. The maximum Gasteiger partial charge on any atom is 0.178 e. The van der Waals surface area contributed by atoms with Crippen molar-refractivity contribution in [2.24, 2.45) is 0 Å². The zero-order valence-electron chi connectivity index (χ0n) is 10.6. The minimum Gasteiger partial charge on any atom is -0.379 e. The Morgan fingerprint density at radius 1 is 1.26 bits per heavy atom. The van der Waals surface area contributed by atoms with E-state index in [0.717, 1.165) is 54.2 Å². The highest BCUT2D eigenvalue weighted by Gasteiger charge is 2.11. The van der Waals surface area contributed by atoms with Gasteiger partial charge in [0.15, 0.2) is 4.77 Å². The normalized spacial score (nSPS) is 17.1. The molecular weight excluding hydrogens is 326 g/mol. The molecule has 0 radical (unpaired) electrons. The second-order valence-electron chi connectivity index (χ2n) is 4.70. The molecule has 0 amide bonds. The van der Waals surface area contributed by atoms with E-state index in [1.807, 2.05) is 0 Å². The van der Waals surface area contributed by atoms with Gasteiger partial charge in [0, 0.05) is 30.7 Å².